The average Bonchev–Trinajstić information content (AvgIpc) is 2.45. The van der Waals surface area contributed by atoms with Gasteiger partial charge in [-0.15, -0.1) is 0 Å². The molecule has 0 radical (unpaired) electrons. The highest BCUT2D eigenvalue weighted by molar-refractivity contribution is 5.95. The van der Waals surface area contributed by atoms with Crippen LogP contribution < -0.4 is 5.32 Å². The van der Waals surface area contributed by atoms with Crippen LogP contribution in [0.3, 0.4) is 0 Å². The van der Waals surface area contributed by atoms with E-state index in [1.54, 1.807) is 0 Å². The lowest BCUT2D eigenvalue weighted by Gasteiger charge is -2.31. The Hall–Kier alpha value is -1.80. The number of nitrogens with zero attached hydrogens (tertiary/aromatic N) is 1. The van der Waals surface area contributed by atoms with Crippen molar-refractivity contribution in [3.8, 4) is 0 Å². The molecule has 0 aliphatic heterocycles. The molecule has 0 unspecified atom stereocenters. The van der Waals surface area contributed by atoms with Gasteiger partial charge in [-0.2, -0.15) is 26.3 Å². The predicted molar refractivity (Wildman–Crippen MR) is 73.2 cm³/mol. The van der Waals surface area contributed by atoms with Gasteiger partial charge in [0.15, 0.2) is 0 Å². The Bertz CT molecular complexity index is 611. The number of pyridine rings is 1. The first-order valence-corrected chi connectivity index (χ1v) is 7.41. The first kappa shape index (κ1) is 18.5. The van der Waals surface area contributed by atoms with Crippen LogP contribution in [-0.2, 0) is 6.18 Å². The van der Waals surface area contributed by atoms with Gasteiger partial charge in [-0.05, 0) is 38.3 Å². The molecule has 1 N–H and O–H groups in total. The zero-order chi connectivity index (χ0) is 18.1. The van der Waals surface area contributed by atoms with Crippen LogP contribution in [0.2, 0.25) is 0 Å². The molecule has 1 saturated carbocycles. The van der Waals surface area contributed by atoms with E-state index in [2.05, 4.69) is 10.3 Å². The smallest absolute Gasteiger partial charge is 0.349 e. The summed E-state index contributed by atoms with van der Waals surface area (Å²) in [6.07, 6.45) is -8.39. The van der Waals surface area contributed by atoms with Gasteiger partial charge < -0.3 is 5.32 Å². The first-order valence-electron chi connectivity index (χ1n) is 7.41. The van der Waals surface area contributed by atoms with Gasteiger partial charge >= 0.3 is 12.4 Å². The van der Waals surface area contributed by atoms with Crippen LogP contribution in [0, 0.1) is 12.8 Å². The maximum atomic E-state index is 12.8. The highest BCUT2D eigenvalue weighted by Gasteiger charge is 2.42. The van der Waals surface area contributed by atoms with Crippen LogP contribution in [0.5, 0.6) is 0 Å². The van der Waals surface area contributed by atoms with Crippen molar-refractivity contribution in [2.75, 3.05) is 0 Å². The van der Waals surface area contributed by atoms with Crippen LogP contribution in [0.25, 0.3) is 0 Å². The van der Waals surface area contributed by atoms with Gasteiger partial charge in [-0.25, -0.2) is 4.98 Å². The summed E-state index contributed by atoms with van der Waals surface area (Å²) >= 11 is 0. The van der Waals surface area contributed by atoms with E-state index in [9.17, 15) is 31.1 Å². The van der Waals surface area contributed by atoms with Gasteiger partial charge in [0, 0.05) is 6.04 Å². The Morgan fingerprint density at radius 1 is 1.17 bits per heavy atom. The van der Waals surface area contributed by atoms with E-state index < -0.39 is 35.9 Å². The normalized spacial score (nSPS) is 22.3. The van der Waals surface area contributed by atoms with Crippen LogP contribution in [0.4, 0.5) is 26.3 Å². The number of aryl methyl sites for hydroxylation is 1. The largest absolute Gasteiger partial charge is 0.433 e. The minimum atomic E-state index is -4.62. The lowest BCUT2D eigenvalue weighted by atomic mass is 9.85. The van der Waals surface area contributed by atoms with E-state index >= 15 is 0 Å². The predicted octanol–water partition coefficient (Wildman–Crippen LogP) is 4.26. The molecular formula is C15H16F6N2O. The monoisotopic (exact) mass is 354 g/mol. The Labute approximate surface area is 134 Å². The third-order valence-corrected chi connectivity index (χ3v) is 4.09. The molecule has 2 atom stereocenters. The summed E-state index contributed by atoms with van der Waals surface area (Å²) in [5, 5.41) is 2.48. The molecule has 134 valence electrons. The van der Waals surface area contributed by atoms with Gasteiger partial charge in [0.2, 0.25) is 0 Å². The second-order valence-electron chi connectivity index (χ2n) is 5.90. The standard InChI is InChI=1S/C15H16F6N2O/c1-8-11(5-6-12(22-8)15(19,20)21)13(24)23-10-4-2-3-9(7-10)14(16,17)18/h5-6,9-10H,2-4,7H2,1H3,(H,23,24)/t9-,10-/m1/s1. The molecule has 24 heavy (non-hydrogen) atoms. The molecule has 1 aliphatic rings. The molecule has 0 spiro atoms. The summed E-state index contributed by atoms with van der Waals surface area (Å²) in [6.45, 7) is 1.25. The number of hydrogen-bond donors (Lipinski definition) is 1. The van der Waals surface area contributed by atoms with Crippen LogP contribution in [0.15, 0.2) is 12.1 Å². The minimum Gasteiger partial charge on any atom is -0.349 e. The number of hydrogen-bond acceptors (Lipinski definition) is 2. The van der Waals surface area contributed by atoms with Gasteiger partial charge in [0.1, 0.15) is 5.69 Å². The summed E-state index contributed by atoms with van der Waals surface area (Å²) < 4.78 is 76.0. The van der Waals surface area contributed by atoms with Gasteiger partial charge in [0.05, 0.1) is 17.2 Å². The van der Waals surface area contributed by atoms with Crippen molar-refractivity contribution in [1.29, 1.82) is 0 Å². The maximum absolute atomic E-state index is 12.8. The fourth-order valence-corrected chi connectivity index (χ4v) is 2.84. The summed E-state index contributed by atoms with van der Waals surface area (Å²) in [5.41, 5.74) is -1.31. The molecule has 2 rings (SSSR count). The summed E-state index contributed by atoms with van der Waals surface area (Å²) in [4.78, 5) is 15.5. The number of nitrogens with one attached hydrogen (secondary N) is 1. The number of amides is 1. The first-order chi connectivity index (χ1) is 11.0. The molecule has 9 heteroatoms. The molecule has 3 nitrogen and oxygen atoms in total. The van der Waals surface area contributed by atoms with E-state index in [-0.39, 0.29) is 24.1 Å². The van der Waals surface area contributed by atoms with Gasteiger partial charge in [-0.3, -0.25) is 4.79 Å². The van der Waals surface area contributed by atoms with Crippen molar-refractivity contribution >= 4 is 5.91 Å². The van der Waals surface area contributed by atoms with Crippen LogP contribution in [-0.4, -0.2) is 23.1 Å². The quantitative estimate of drug-likeness (QED) is 0.807. The molecule has 1 fully saturated rings. The van der Waals surface area contributed by atoms with Crippen molar-refractivity contribution < 1.29 is 31.1 Å². The van der Waals surface area contributed by atoms with Crippen molar-refractivity contribution in [3.63, 3.8) is 0 Å². The van der Waals surface area contributed by atoms with Crippen LogP contribution in [0.1, 0.15) is 47.4 Å². The number of carbonyl (C=O) groups is 1. The highest BCUT2D eigenvalue weighted by Crippen LogP contribution is 2.37. The van der Waals surface area contributed by atoms with Crippen molar-refractivity contribution in [2.24, 2.45) is 5.92 Å². The molecule has 1 aromatic rings. The molecular weight excluding hydrogens is 338 g/mol. The fourth-order valence-electron chi connectivity index (χ4n) is 2.84. The third-order valence-electron chi connectivity index (χ3n) is 4.09. The highest BCUT2D eigenvalue weighted by atomic mass is 19.4. The lowest BCUT2D eigenvalue weighted by Crippen LogP contribution is -2.41. The molecule has 0 aromatic carbocycles. The second kappa shape index (κ2) is 6.60. The molecule has 1 aromatic heterocycles. The number of aromatic nitrogens is 1. The Kier molecular flexibility index (Phi) is 5.10. The van der Waals surface area contributed by atoms with Crippen LogP contribution >= 0.6 is 0 Å². The number of rotatable bonds is 2. The molecule has 1 heterocycles. The van der Waals surface area contributed by atoms with Gasteiger partial charge in [-0.1, -0.05) is 6.42 Å². The number of halogens is 6. The number of alkyl halides is 6. The van der Waals surface area contributed by atoms with E-state index in [0.29, 0.717) is 18.9 Å². The SMILES string of the molecule is Cc1nc(C(F)(F)F)ccc1C(=O)N[C@@H]1CCC[C@@H](C(F)(F)F)C1. The Balaban J connectivity index is 2.07. The average molecular weight is 354 g/mol. The molecule has 1 aliphatic carbocycles. The lowest BCUT2D eigenvalue weighted by molar-refractivity contribution is -0.183. The van der Waals surface area contributed by atoms with E-state index in [0.717, 1.165) is 6.07 Å². The Morgan fingerprint density at radius 3 is 2.38 bits per heavy atom. The fraction of sp³-hybridized carbons (Fsp3) is 0.600. The summed E-state index contributed by atoms with van der Waals surface area (Å²) in [7, 11) is 0. The molecule has 0 bridgehead atoms. The van der Waals surface area contributed by atoms with E-state index in [1.165, 1.54) is 6.92 Å². The van der Waals surface area contributed by atoms with Gasteiger partial charge in [0.25, 0.3) is 5.91 Å². The minimum absolute atomic E-state index is 0.0245. The summed E-state index contributed by atoms with van der Waals surface area (Å²) in [6, 6.07) is 1.02. The summed E-state index contributed by atoms with van der Waals surface area (Å²) in [5.74, 6) is -2.18. The zero-order valence-corrected chi connectivity index (χ0v) is 12.8. The van der Waals surface area contributed by atoms with Crippen molar-refractivity contribution in [1.82, 2.24) is 10.3 Å². The van der Waals surface area contributed by atoms with Crippen molar-refractivity contribution in [3.05, 3.63) is 29.1 Å². The van der Waals surface area contributed by atoms with Crippen molar-refractivity contribution in [2.45, 2.75) is 51.0 Å². The van der Waals surface area contributed by atoms with E-state index in [1.807, 2.05) is 0 Å². The molecule has 0 saturated heterocycles. The third kappa shape index (κ3) is 4.39. The second-order valence-corrected chi connectivity index (χ2v) is 5.90. The topological polar surface area (TPSA) is 42.0 Å². The maximum Gasteiger partial charge on any atom is 0.433 e. The number of carbonyl (C=O) groups excluding carboxylic acids is 1. The van der Waals surface area contributed by atoms with E-state index in [4.69, 9.17) is 0 Å². The Morgan fingerprint density at radius 2 is 1.83 bits per heavy atom. The molecule has 1 amide bonds. The zero-order valence-electron chi connectivity index (χ0n) is 12.8.